The average molecular weight is 647 g/mol. The lowest BCUT2D eigenvalue weighted by molar-refractivity contribution is -0.140. The maximum atomic E-state index is 13.2. The molecule has 0 aliphatic heterocycles. The summed E-state index contributed by atoms with van der Waals surface area (Å²) in [6, 6.07) is 28.4. The molecule has 0 aliphatic carbocycles. The van der Waals surface area contributed by atoms with Gasteiger partial charge in [-0.05, 0) is 55.5 Å². The number of aryl methyl sites for hydroxylation is 1. The molecule has 0 amide bonds. The van der Waals surface area contributed by atoms with E-state index in [2.05, 4.69) is 0 Å². The maximum Gasteiger partial charge on any atom is 0.338 e. The molecule has 12 heteroatoms. The lowest BCUT2D eigenvalue weighted by atomic mass is 10.0. The van der Waals surface area contributed by atoms with E-state index in [0.717, 1.165) is 5.56 Å². The Morgan fingerprint density at radius 2 is 1.07 bits per heavy atom. The SMILES string of the molecule is Cc1ccc(S(=O)(=O)OC[C@@H](O)[C@@H](OC(=O)c2ccccc2)[C@H](OC(=O)c2ccccc2)[C@H](C=O)OC(=O)c2ccccc2)cc1. The van der Waals surface area contributed by atoms with Crippen molar-refractivity contribution in [3.05, 3.63) is 138 Å². The number of hydrogen-bond donors (Lipinski definition) is 1. The Labute approximate surface area is 265 Å². The molecule has 0 bridgehead atoms. The number of carbonyl (C=O) groups is 4. The van der Waals surface area contributed by atoms with Crippen LogP contribution in [-0.4, -0.2) is 68.7 Å². The number of aliphatic hydroxyl groups excluding tert-OH is 1. The number of hydrogen-bond acceptors (Lipinski definition) is 11. The smallest absolute Gasteiger partial charge is 0.338 e. The third-order valence-electron chi connectivity index (χ3n) is 6.62. The predicted molar refractivity (Wildman–Crippen MR) is 163 cm³/mol. The van der Waals surface area contributed by atoms with Gasteiger partial charge in [0.25, 0.3) is 10.1 Å². The van der Waals surface area contributed by atoms with Crippen LogP contribution >= 0.6 is 0 Å². The van der Waals surface area contributed by atoms with Crippen LogP contribution in [0.3, 0.4) is 0 Å². The largest absolute Gasteiger partial charge is 0.452 e. The molecule has 46 heavy (non-hydrogen) atoms. The maximum absolute atomic E-state index is 13.2. The Hall–Kier alpha value is -5.17. The van der Waals surface area contributed by atoms with E-state index in [1.165, 1.54) is 48.5 Å². The molecule has 4 atom stereocenters. The zero-order chi connectivity index (χ0) is 33.1. The van der Waals surface area contributed by atoms with Gasteiger partial charge in [0, 0.05) is 0 Å². The minimum Gasteiger partial charge on any atom is -0.452 e. The molecule has 0 saturated carbocycles. The molecule has 0 aliphatic rings. The lowest BCUT2D eigenvalue weighted by Gasteiger charge is -2.32. The molecule has 0 saturated heterocycles. The van der Waals surface area contributed by atoms with Crippen LogP contribution in [0.25, 0.3) is 0 Å². The van der Waals surface area contributed by atoms with Crippen molar-refractivity contribution in [3.8, 4) is 0 Å². The quantitative estimate of drug-likeness (QED) is 0.0915. The van der Waals surface area contributed by atoms with E-state index >= 15 is 0 Å². The topological polar surface area (TPSA) is 160 Å². The molecule has 11 nitrogen and oxygen atoms in total. The Morgan fingerprint density at radius 3 is 1.50 bits per heavy atom. The second kappa shape index (κ2) is 15.7. The highest BCUT2D eigenvalue weighted by atomic mass is 32.2. The van der Waals surface area contributed by atoms with Crippen LogP contribution in [-0.2, 0) is 33.3 Å². The number of carbonyl (C=O) groups excluding carboxylic acids is 4. The predicted octanol–water partition coefficient (Wildman–Crippen LogP) is 3.94. The van der Waals surface area contributed by atoms with E-state index in [9.17, 15) is 32.7 Å². The van der Waals surface area contributed by atoms with Gasteiger partial charge >= 0.3 is 17.9 Å². The van der Waals surface area contributed by atoms with Crippen LogP contribution in [0.2, 0.25) is 0 Å². The van der Waals surface area contributed by atoms with Gasteiger partial charge in [0.1, 0.15) is 6.10 Å². The standard InChI is InChI=1S/C34H30O11S/c1-23-17-19-27(20-18-23)46(40,41)42-22-28(36)30(44-33(38)25-13-7-3-8-14-25)31(45-34(39)26-15-9-4-10-16-26)29(21-35)43-32(37)24-11-5-2-6-12-24/h2-21,28-31,36H,22H2,1H3/t28-,29+,30-,31-/m1/s1. The molecule has 0 aromatic heterocycles. The first-order valence-corrected chi connectivity index (χ1v) is 15.4. The molecule has 0 unspecified atom stereocenters. The number of esters is 3. The molecule has 1 N–H and O–H groups in total. The van der Waals surface area contributed by atoms with Crippen molar-refractivity contribution in [2.75, 3.05) is 6.61 Å². The van der Waals surface area contributed by atoms with Gasteiger partial charge < -0.3 is 19.3 Å². The van der Waals surface area contributed by atoms with Crippen molar-refractivity contribution < 1.29 is 51.1 Å². The van der Waals surface area contributed by atoms with E-state index in [0.29, 0.717) is 0 Å². The third-order valence-corrected chi connectivity index (χ3v) is 7.92. The number of aliphatic hydroxyl groups is 1. The summed E-state index contributed by atoms with van der Waals surface area (Å²) in [6.07, 6.45) is -7.76. The average Bonchev–Trinajstić information content (AvgIpc) is 3.08. The van der Waals surface area contributed by atoms with Crippen LogP contribution in [0.4, 0.5) is 0 Å². The summed E-state index contributed by atoms with van der Waals surface area (Å²) >= 11 is 0. The van der Waals surface area contributed by atoms with Crippen LogP contribution in [0, 0.1) is 6.92 Å². The first kappa shape index (κ1) is 33.7. The number of benzene rings is 4. The monoisotopic (exact) mass is 646 g/mol. The van der Waals surface area contributed by atoms with Crippen molar-refractivity contribution in [2.24, 2.45) is 0 Å². The van der Waals surface area contributed by atoms with Gasteiger partial charge in [0.05, 0.1) is 28.2 Å². The molecule has 4 rings (SSSR count). The fraction of sp³-hybridized carbons (Fsp3) is 0.176. The molecule has 4 aromatic rings. The van der Waals surface area contributed by atoms with Crippen molar-refractivity contribution in [1.82, 2.24) is 0 Å². The summed E-state index contributed by atoms with van der Waals surface area (Å²) in [5.41, 5.74) is 0.880. The van der Waals surface area contributed by atoms with Crippen LogP contribution in [0.5, 0.6) is 0 Å². The second-order valence-electron chi connectivity index (χ2n) is 9.96. The number of ether oxygens (including phenoxy) is 3. The molecular formula is C34H30O11S. The summed E-state index contributed by atoms with van der Waals surface area (Å²) in [5, 5.41) is 11.3. The van der Waals surface area contributed by atoms with Gasteiger partial charge in [-0.2, -0.15) is 8.42 Å². The Balaban J connectivity index is 1.70. The fourth-order valence-electron chi connectivity index (χ4n) is 4.18. The summed E-state index contributed by atoms with van der Waals surface area (Å²) in [6.45, 7) is 0.762. The Morgan fingerprint density at radius 1 is 0.652 bits per heavy atom. The van der Waals surface area contributed by atoms with Crippen molar-refractivity contribution in [3.63, 3.8) is 0 Å². The van der Waals surface area contributed by atoms with E-state index in [1.54, 1.807) is 73.7 Å². The highest BCUT2D eigenvalue weighted by Crippen LogP contribution is 2.22. The minimum atomic E-state index is -4.42. The molecule has 0 heterocycles. The highest BCUT2D eigenvalue weighted by Gasteiger charge is 2.43. The van der Waals surface area contributed by atoms with Gasteiger partial charge in [-0.15, -0.1) is 0 Å². The van der Waals surface area contributed by atoms with E-state index in [-0.39, 0.29) is 27.9 Å². The molecule has 0 fully saturated rings. The Bertz CT molecular complexity index is 1730. The lowest BCUT2D eigenvalue weighted by Crippen LogP contribution is -2.52. The fourth-order valence-corrected chi connectivity index (χ4v) is 5.11. The van der Waals surface area contributed by atoms with Gasteiger partial charge in [-0.3, -0.25) is 8.98 Å². The molecular weight excluding hydrogens is 616 g/mol. The van der Waals surface area contributed by atoms with Crippen LogP contribution < -0.4 is 0 Å². The third kappa shape index (κ3) is 8.94. The Kier molecular flexibility index (Phi) is 11.5. The van der Waals surface area contributed by atoms with Crippen molar-refractivity contribution >= 4 is 34.3 Å². The summed E-state index contributed by atoms with van der Waals surface area (Å²) < 4.78 is 47.4. The van der Waals surface area contributed by atoms with E-state index < -0.39 is 59.0 Å². The zero-order valence-corrected chi connectivity index (χ0v) is 25.3. The molecule has 0 radical (unpaired) electrons. The minimum absolute atomic E-state index is 0.0185. The number of rotatable bonds is 14. The summed E-state index contributed by atoms with van der Waals surface area (Å²) in [5.74, 6) is -3.03. The number of aldehydes is 1. The van der Waals surface area contributed by atoms with E-state index in [1.807, 2.05) is 0 Å². The summed E-state index contributed by atoms with van der Waals surface area (Å²) in [4.78, 5) is 51.6. The van der Waals surface area contributed by atoms with Crippen LogP contribution in [0.1, 0.15) is 36.6 Å². The van der Waals surface area contributed by atoms with Gasteiger partial charge in [0.2, 0.25) is 0 Å². The highest BCUT2D eigenvalue weighted by molar-refractivity contribution is 7.86. The first-order valence-electron chi connectivity index (χ1n) is 14.0. The molecule has 0 spiro atoms. The second-order valence-corrected chi connectivity index (χ2v) is 11.6. The van der Waals surface area contributed by atoms with E-state index in [4.69, 9.17) is 18.4 Å². The molecule has 4 aromatic carbocycles. The van der Waals surface area contributed by atoms with Gasteiger partial charge in [-0.1, -0.05) is 72.3 Å². The molecule has 238 valence electrons. The van der Waals surface area contributed by atoms with Gasteiger partial charge in [0.15, 0.2) is 24.6 Å². The van der Waals surface area contributed by atoms with Crippen LogP contribution in [0.15, 0.2) is 120 Å². The van der Waals surface area contributed by atoms with Crippen molar-refractivity contribution in [1.29, 1.82) is 0 Å². The zero-order valence-electron chi connectivity index (χ0n) is 24.5. The summed E-state index contributed by atoms with van der Waals surface area (Å²) in [7, 11) is -4.42. The van der Waals surface area contributed by atoms with Crippen molar-refractivity contribution in [2.45, 2.75) is 36.2 Å². The first-order chi connectivity index (χ1) is 22.1. The normalized spacial score (nSPS) is 13.8. The van der Waals surface area contributed by atoms with Gasteiger partial charge in [-0.25, -0.2) is 14.4 Å².